The summed E-state index contributed by atoms with van der Waals surface area (Å²) in [4.78, 5) is 148. The van der Waals surface area contributed by atoms with E-state index in [0.29, 0.717) is 28.5 Å². The molecule has 0 fully saturated rings. The maximum absolute atomic E-state index is 12.8. The number of methoxy groups -OCH3 is 4. The van der Waals surface area contributed by atoms with Gasteiger partial charge in [-0.3, -0.25) is 52.5 Å². The summed E-state index contributed by atoms with van der Waals surface area (Å²) < 4.78 is 59.3. The lowest BCUT2D eigenvalue weighted by Gasteiger charge is -2.40. The molecule has 0 atom stereocenters. The number of carbonyl (C=O) groups is 12. The second kappa shape index (κ2) is 35.0. The molecule has 1 aliphatic heterocycles. The van der Waals surface area contributed by atoms with E-state index in [4.69, 9.17) is 37.2 Å². The lowest BCUT2D eigenvalue weighted by Crippen LogP contribution is -2.40. The fourth-order valence-electron chi connectivity index (χ4n) is 10.5. The molecule has 2 aliphatic carbocycles. The number of rotatable bonds is 26. The number of ether oxygens (including phenoxy) is 7. The quantitative estimate of drug-likeness (QED) is 0.00893. The van der Waals surface area contributed by atoms with Gasteiger partial charge >= 0.3 is 53.7 Å². The first-order valence-electron chi connectivity index (χ1n) is 29.4. The fourth-order valence-corrected chi connectivity index (χ4v) is 10.8. The van der Waals surface area contributed by atoms with Gasteiger partial charge in [0.2, 0.25) is 0 Å². The largest absolute Gasteiger partial charge is 0.508 e. The van der Waals surface area contributed by atoms with Crippen LogP contribution in [0.2, 0.25) is 5.02 Å². The van der Waals surface area contributed by atoms with Gasteiger partial charge in [0.1, 0.15) is 68.8 Å². The van der Waals surface area contributed by atoms with Gasteiger partial charge in [-0.2, -0.15) is 8.42 Å². The Morgan fingerprint density at radius 2 is 0.971 bits per heavy atom. The van der Waals surface area contributed by atoms with Crippen molar-refractivity contribution in [3.8, 4) is 23.0 Å². The molecule has 3 aliphatic rings. The lowest BCUT2D eigenvalue weighted by molar-refractivity contribution is -0.142. The van der Waals surface area contributed by atoms with Crippen LogP contribution in [-0.2, 0) is 97.3 Å². The lowest BCUT2D eigenvalue weighted by atomic mass is 9.64. The Hall–Kier alpha value is -11.5. The van der Waals surface area contributed by atoms with Crippen LogP contribution in [0, 0.1) is 0 Å². The number of anilines is 4. The summed E-state index contributed by atoms with van der Waals surface area (Å²) in [5.41, 5.74) is 2.27. The minimum Gasteiger partial charge on any atom is -0.508 e. The number of halogens is 2. The number of hydrogen-bond acceptors (Lipinski definition) is 28. The summed E-state index contributed by atoms with van der Waals surface area (Å²) in [5, 5.41) is 58.4. The van der Waals surface area contributed by atoms with E-state index in [9.17, 15) is 96.6 Å². The van der Waals surface area contributed by atoms with Crippen LogP contribution in [0.15, 0.2) is 113 Å². The molecule has 544 valence electrons. The molecule has 32 nitrogen and oxygen atoms in total. The zero-order valence-corrected chi connectivity index (χ0v) is 58.0. The standard InChI is InChI=1S/C31H26Cl2N2O12.C20H22N2O11.C15H16O2.CH4O3S/c1-31(2)18-6-24(38)20(32)3-15(18)30(16-4-21(33)25(39)7-19(16)31)17-5-22(34(9-27(40)41)10-28(42)43)23(8-26(17)47-14-37)35(11-29(44)45)12-46-13-36;1-29-15(23)7-21(8-16(24)30-2)13-5-11-12(20(28)33-19(11)27)6-14(13)22(9-17(25)31-3)10-18(26)32-4;1-15(2,11-5-3-7-13(16)9-11)12-6-4-8-14(17)10-12;1-5(2,3)4/h3-8,13-14,38H,9-12H2,1-2H3,(H,40,41)(H,42,43)(H,44,45);5-6H,7-10H2,1-4H3;3-10,16-17H,1-2H3;1H3,(H,2,3,4). The van der Waals surface area contributed by atoms with Crippen LogP contribution in [0.4, 0.5) is 22.7 Å². The summed E-state index contributed by atoms with van der Waals surface area (Å²) >= 11 is 12.7. The molecule has 0 aromatic heterocycles. The number of esters is 6. The number of carboxylic acid groups (broad SMARTS) is 3. The van der Waals surface area contributed by atoms with Gasteiger partial charge < -0.3 is 83.4 Å². The highest BCUT2D eigenvalue weighted by Crippen LogP contribution is 2.55. The zero-order valence-electron chi connectivity index (χ0n) is 55.7. The highest BCUT2D eigenvalue weighted by Gasteiger charge is 2.42. The fraction of sp³-hybridized carbons (Fsp3) is 0.284. The molecular weight excluding hydrogens is 1410 g/mol. The number of ketones is 1. The molecule has 7 N–H and O–H groups in total. The molecule has 8 rings (SSSR count). The van der Waals surface area contributed by atoms with Crippen LogP contribution in [-0.4, -0.2) is 203 Å². The van der Waals surface area contributed by atoms with E-state index in [2.05, 4.69) is 37.5 Å². The van der Waals surface area contributed by atoms with Crippen LogP contribution in [0.25, 0.3) is 5.57 Å². The number of phenols is 3. The van der Waals surface area contributed by atoms with E-state index in [0.717, 1.165) is 55.4 Å². The minimum absolute atomic E-state index is 0.0395. The van der Waals surface area contributed by atoms with Gasteiger partial charge in [-0.1, -0.05) is 75.2 Å². The molecule has 102 heavy (non-hydrogen) atoms. The third kappa shape index (κ3) is 21.0. The first-order valence-corrected chi connectivity index (χ1v) is 32.0. The molecule has 0 saturated heterocycles. The van der Waals surface area contributed by atoms with Gasteiger partial charge in [0.15, 0.2) is 12.5 Å². The molecule has 0 unspecified atom stereocenters. The van der Waals surface area contributed by atoms with Crippen LogP contribution < -0.4 is 24.3 Å². The zero-order chi connectivity index (χ0) is 76.5. The normalized spacial score (nSPS) is 13.0. The van der Waals surface area contributed by atoms with Crippen LogP contribution in [0.1, 0.15) is 76.2 Å². The van der Waals surface area contributed by atoms with E-state index < -0.39 is 128 Å². The number of nitrogens with zero attached hydrogens (tertiary/aromatic N) is 4. The number of carbonyl (C=O) groups excluding carboxylic acids is 9. The number of allylic oxidation sites excluding steroid dienone is 5. The van der Waals surface area contributed by atoms with Gasteiger partial charge in [-0.15, -0.1) is 0 Å². The van der Waals surface area contributed by atoms with Crippen molar-refractivity contribution in [3.63, 3.8) is 0 Å². The van der Waals surface area contributed by atoms with Crippen molar-refractivity contribution >= 4 is 134 Å². The smallest absolute Gasteiger partial charge is 0.346 e. The monoisotopic (exact) mass is 1480 g/mol. The summed E-state index contributed by atoms with van der Waals surface area (Å²) in [6.45, 7) is 2.69. The second-order valence-electron chi connectivity index (χ2n) is 22.9. The Morgan fingerprint density at radius 3 is 1.36 bits per heavy atom. The van der Waals surface area contributed by atoms with Crippen LogP contribution >= 0.6 is 23.2 Å². The molecule has 0 spiro atoms. The highest BCUT2D eigenvalue weighted by molar-refractivity contribution is 7.85. The third-order valence-corrected chi connectivity index (χ3v) is 15.9. The van der Waals surface area contributed by atoms with Crippen LogP contribution in [0.5, 0.6) is 23.0 Å². The summed E-state index contributed by atoms with van der Waals surface area (Å²) in [7, 11) is 0.885. The molecule has 5 aromatic carbocycles. The van der Waals surface area contributed by atoms with Gasteiger partial charge in [0.25, 0.3) is 23.1 Å². The molecular formula is C67H68Cl2N4O28S. The third-order valence-electron chi connectivity index (χ3n) is 15.3. The Kier molecular flexibility index (Phi) is 27.8. The first kappa shape index (κ1) is 81.1. The SMILES string of the molecule is CC(C)(c1cccc(O)c1)c1cccc(O)c1.CC1(C)C2=CC(=O)C(Cl)=CC2=C(c2cc(N(CC(=O)O)CC(=O)O)c(N(COC=O)CC(=O)O)cc2OC=O)c2cc(Cl)c(O)cc21.COC(=O)CN(CC(=O)OC)c1cc2c(cc1N(CC(=O)OC)CC(=O)OC)C(=O)OC2=O.CS(=O)(=O)O. The van der Waals surface area contributed by atoms with Crippen molar-refractivity contribution in [2.24, 2.45) is 0 Å². The van der Waals surface area contributed by atoms with E-state index in [1.165, 1.54) is 52.3 Å². The number of fused-ring (bicyclic) bond motifs is 3. The van der Waals surface area contributed by atoms with Crippen molar-refractivity contribution in [1.29, 1.82) is 0 Å². The van der Waals surface area contributed by atoms with E-state index in [1.807, 2.05) is 24.3 Å². The minimum atomic E-state index is -3.67. The molecule has 0 bridgehead atoms. The summed E-state index contributed by atoms with van der Waals surface area (Å²) in [5.74, 6) is -9.62. The first-order chi connectivity index (χ1) is 47.7. The number of aliphatic carboxylic acids is 3. The highest BCUT2D eigenvalue weighted by atomic mass is 35.5. The van der Waals surface area contributed by atoms with Crippen molar-refractivity contribution in [3.05, 3.63) is 157 Å². The average molecular weight is 1480 g/mol. The maximum atomic E-state index is 12.8. The molecule has 0 saturated carbocycles. The predicted octanol–water partition coefficient (Wildman–Crippen LogP) is 5.53. The molecule has 35 heteroatoms. The van der Waals surface area contributed by atoms with E-state index in [1.54, 1.807) is 38.1 Å². The summed E-state index contributed by atoms with van der Waals surface area (Å²) in [6.07, 6.45) is 3.42. The Bertz CT molecular complexity index is 4190. The van der Waals surface area contributed by atoms with Gasteiger partial charge in [-0.25, -0.2) is 9.59 Å². The van der Waals surface area contributed by atoms with Gasteiger partial charge in [0.05, 0.1) is 78.6 Å². The van der Waals surface area contributed by atoms with Crippen molar-refractivity contribution in [2.45, 2.75) is 38.5 Å². The van der Waals surface area contributed by atoms with E-state index >= 15 is 0 Å². The van der Waals surface area contributed by atoms with Crippen molar-refractivity contribution < 1.29 is 134 Å². The number of benzene rings is 5. The predicted molar refractivity (Wildman–Crippen MR) is 361 cm³/mol. The molecule has 0 amide bonds. The second-order valence-corrected chi connectivity index (χ2v) is 25.2. The van der Waals surface area contributed by atoms with Crippen molar-refractivity contribution in [1.82, 2.24) is 0 Å². The molecule has 0 radical (unpaired) electrons. The number of cyclic esters (lactones) is 2. The number of aromatic hydroxyl groups is 3. The van der Waals surface area contributed by atoms with Gasteiger partial charge in [0, 0.05) is 28.0 Å². The number of carboxylic acids is 3. The van der Waals surface area contributed by atoms with Crippen LogP contribution in [0.3, 0.4) is 0 Å². The Morgan fingerprint density at radius 1 is 0.569 bits per heavy atom. The Labute approximate surface area is 591 Å². The average Bonchev–Trinajstić information content (AvgIpc) is 0.872. The maximum Gasteiger partial charge on any atom is 0.346 e. The molecule has 1 heterocycles. The number of phenolic OH excluding ortho intramolecular Hbond substituents is 3. The van der Waals surface area contributed by atoms with E-state index in [-0.39, 0.29) is 96.4 Å². The Balaban J connectivity index is 0.000000292. The van der Waals surface area contributed by atoms with Crippen molar-refractivity contribution in [2.75, 3.05) is 107 Å². The summed E-state index contributed by atoms with van der Waals surface area (Å²) in [6, 6.07) is 22.1. The van der Waals surface area contributed by atoms with Gasteiger partial charge in [-0.05, 0) is 100 Å². The molecule has 5 aromatic rings. The number of hydrogen-bond donors (Lipinski definition) is 7. The topological polar surface area (TPSA) is 458 Å².